The Hall–Kier alpha value is -1.55. The summed E-state index contributed by atoms with van der Waals surface area (Å²) in [6.45, 7) is 1.93. The third-order valence-electron chi connectivity index (χ3n) is 4.31. The van der Waals surface area contributed by atoms with E-state index in [-0.39, 0.29) is 17.5 Å². The molecule has 0 aromatic heterocycles. The standard InChI is InChI=1S/C17H26N2O2/c1-13(18)5-10-16(20)19-17(11-3-4-12-17)14-6-8-15(21-2)9-7-14/h6-9,13H,3-5,10-12,18H2,1-2H3,(H,19,20). The summed E-state index contributed by atoms with van der Waals surface area (Å²) in [5.41, 5.74) is 6.70. The number of methoxy groups -OCH3 is 1. The highest BCUT2D eigenvalue weighted by atomic mass is 16.5. The highest BCUT2D eigenvalue weighted by Crippen LogP contribution is 2.39. The van der Waals surface area contributed by atoms with E-state index in [2.05, 4.69) is 17.4 Å². The Morgan fingerprint density at radius 2 is 1.95 bits per heavy atom. The van der Waals surface area contributed by atoms with Gasteiger partial charge in [0.05, 0.1) is 12.6 Å². The van der Waals surface area contributed by atoms with Crippen LogP contribution in [0.3, 0.4) is 0 Å². The molecule has 1 amide bonds. The Balaban J connectivity index is 2.10. The lowest BCUT2D eigenvalue weighted by Crippen LogP contribution is -2.44. The number of hydrogen-bond donors (Lipinski definition) is 2. The molecule has 116 valence electrons. The molecular weight excluding hydrogens is 264 g/mol. The van der Waals surface area contributed by atoms with Gasteiger partial charge < -0.3 is 15.8 Å². The van der Waals surface area contributed by atoms with Crippen LogP contribution >= 0.6 is 0 Å². The Bertz CT molecular complexity index is 462. The Morgan fingerprint density at radius 1 is 1.33 bits per heavy atom. The van der Waals surface area contributed by atoms with Crippen LogP contribution in [0, 0.1) is 0 Å². The van der Waals surface area contributed by atoms with Gasteiger partial charge in [-0.25, -0.2) is 0 Å². The van der Waals surface area contributed by atoms with Crippen LogP contribution in [0.15, 0.2) is 24.3 Å². The average molecular weight is 290 g/mol. The number of carbonyl (C=O) groups is 1. The van der Waals surface area contributed by atoms with E-state index in [1.165, 1.54) is 5.56 Å². The first-order valence-electron chi connectivity index (χ1n) is 7.77. The first-order valence-corrected chi connectivity index (χ1v) is 7.77. The molecule has 0 heterocycles. The fraction of sp³-hybridized carbons (Fsp3) is 0.588. The van der Waals surface area contributed by atoms with Crippen LogP contribution in [0.4, 0.5) is 0 Å². The summed E-state index contributed by atoms with van der Waals surface area (Å²) in [5.74, 6) is 0.945. The third kappa shape index (κ3) is 3.97. The molecule has 1 saturated carbocycles. The van der Waals surface area contributed by atoms with E-state index in [1.54, 1.807) is 7.11 Å². The number of benzene rings is 1. The van der Waals surface area contributed by atoms with Gasteiger partial charge in [-0.15, -0.1) is 0 Å². The van der Waals surface area contributed by atoms with Crippen molar-refractivity contribution in [2.24, 2.45) is 5.73 Å². The molecule has 1 aromatic carbocycles. The highest BCUT2D eigenvalue weighted by Gasteiger charge is 2.36. The second-order valence-corrected chi connectivity index (χ2v) is 6.08. The molecule has 0 aliphatic heterocycles. The molecule has 1 atom stereocenters. The third-order valence-corrected chi connectivity index (χ3v) is 4.31. The molecule has 1 aromatic rings. The molecule has 0 bridgehead atoms. The summed E-state index contributed by atoms with van der Waals surface area (Å²) in [7, 11) is 1.66. The van der Waals surface area contributed by atoms with Crippen LogP contribution < -0.4 is 15.8 Å². The van der Waals surface area contributed by atoms with Crippen molar-refractivity contribution in [3.8, 4) is 5.75 Å². The van der Waals surface area contributed by atoms with Gasteiger partial charge >= 0.3 is 0 Å². The maximum atomic E-state index is 12.2. The summed E-state index contributed by atoms with van der Waals surface area (Å²) < 4.78 is 5.21. The van der Waals surface area contributed by atoms with Crippen LogP contribution in [0.2, 0.25) is 0 Å². The lowest BCUT2D eigenvalue weighted by molar-refractivity contribution is -0.123. The van der Waals surface area contributed by atoms with E-state index in [4.69, 9.17) is 10.5 Å². The zero-order valence-electron chi connectivity index (χ0n) is 13.0. The minimum atomic E-state index is -0.207. The molecule has 0 saturated heterocycles. The minimum absolute atomic E-state index is 0.0660. The van der Waals surface area contributed by atoms with Gasteiger partial charge in [-0.1, -0.05) is 25.0 Å². The number of nitrogens with two attached hydrogens (primary N) is 1. The average Bonchev–Trinajstić information content (AvgIpc) is 2.95. The fourth-order valence-corrected chi connectivity index (χ4v) is 3.06. The quantitative estimate of drug-likeness (QED) is 0.846. The largest absolute Gasteiger partial charge is 0.497 e. The van der Waals surface area contributed by atoms with Crippen molar-refractivity contribution in [1.82, 2.24) is 5.32 Å². The van der Waals surface area contributed by atoms with Crippen molar-refractivity contribution in [2.75, 3.05) is 7.11 Å². The van der Waals surface area contributed by atoms with E-state index >= 15 is 0 Å². The molecule has 1 unspecified atom stereocenters. The van der Waals surface area contributed by atoms with E-state index in [0.29, 0.717) is 6.42 Å². The first kappa shape index (κ1) is 15.8. The predicted molar refractivity (Wildman–Crippen MR) is 84.2 cm³/mol. The van der Waals surface area contributed by atoms with Gasteiger partial charge in [0, 0.05) is 12.5 Å². The lowest BCUT2D eigenvalue weighted by Gasteiger charge is -2.31. The first-order chi connectivity index (χ1) is 10.1. The van der Waals surface area contributed by atoms with Crippen LogP contribution in [0.1, 0.15) is 51.0 Å². The van der Waals surface area contributed by atoms with E-state index in [0.717, 1.165) is 37.9 Å². The Labute approximate surface area is 127 Å². The van der Waals surface area contributed by atoms with Gasteiger partial charge in [0.25, 0.3) is 0 Å². The molecular formula is C17H26N2O2. The Kier molecular flexibility index (Phi) is 5.23. The molecule has 2 rings (SSSR count). The normalized spacial score (nSPS) is 18.2. The zero-order valence-corrected chi connectivity index (χ0v) is 13.0. The van der Waals surface area contributed by atoms with E-state index in [9.17, 15) is 4.79 Å². The van der Waals surface area contributed by atoms with Gasteiger partial charge in [0.15, 0.2) is 0 Å². The van der Waals surface area contributed by atoms with Crippen LogP contribution in [-0.2, 0) is 10.3 Å². The van der Waals surface area contributed by atoms with Crippen molar-refractivity contribution < 1.29 is 9.53 Å². The SMILES string of the molecule is COc1ccc(C2(NC(=O)CCC(C)N)CCCC2)cc1. The zero-order chi connectivity index (χ0) is 15.3. The topological polar surface area (TPSA) is 64.3 Å². The summed E-state index contributed by atoms with van der Waals surface area (Å²) in [4.78, 5) is 12.2. The molecule has 4 heteroatoms. The maximum Gasteiger partial charge on any atom is 0.220 e. The number of hydrogen-bond acceptors (Lipinski definition) is 3. The predicted octanol–water partition coefficient (Wildman–Crippen LogP) is 2.71. The van der Waals surface area contributed by atoms with Crippen molar-refractivity contribution in [1.29, 1.82) is 0 Å². The van der Waals surface area contributed by atoms with Gasteiger partial charge in [-0.2, -0.15) is 0 Å². The van der Waals surface area contributed by atoms with Crippen molar-refractivity contribution in [2.45, 2.75) is 57.0 Å². The second-order valence-electron chi connectivity index (χ2n) is 6.08. The second kappa shape index (κ2) is 6.94. The Morgan fingerprint density at radius 3 is 2.48 bits per heavy atom. The number of rotatable bonds is 6. The lowest BCUT2D eigenvalue weighted by atomic mass is 9.87. The molecule has 1 aliphatic carbocycles. The highest BCUT2D eigenvalue weighted by molar-refractivity contribution is 5.77. The molecule has 0 spiro atoms. The summed E-state index contributed by atoms with van der Waals surface area (Å²) in [6.07, 6.45) is 5.53. The van der Waals surface area contributed by atoms with Crippen LogP contribution in [-0.4, -0.2) is 19.1 Å². The van der Waals surface area contributed by atoms with Crippen LogP contribution in [0.25, 0.3) is 0 Å². The van der Waals surface area contributed by atoms with Crippen molar-refractivity contribution >= 4 is 5.91 Å². The summed E-state index contributed by atoms with van der Waals surface area (Å²) in [6, 6.07) is 8.12. The van der Waals surface area contributed by atoms with Gasteiger partial charge in [-0.3, -0.25) is 4.79 Å². The van der Waals surface area contributed by atoms with E-state index in [1.807, 2.05) is 19.1 Å². The van der Waals surface area contributed by atoms with Crippen LogP contribution in [0.5, 0.6) is 5.75 Å². The molecule has 1 fully saturated rings. The smallest absolute Gasteiger partial charge is 0.220 e. The van der Waals surface area contributed by atoms with Gasteiger partial charge in [0.2, 0.25) is 5.91 Å². The molecule has 4 nitrogen and oxygen atoms in total. The molecule has 0 radical (unpaired) electrons. The fourth-order valence-electron chi connectivity index (χ4n) is 3.06. The molecule has 1 aliphatic rings. The minimum Gasteiger partial charge on any atom is -0.497 e. The number of carbonyl (C=O) groups excluding carboxylic acids is 1. The number of amides is 1. The number of nitrogens with one attached hydrogen (secondary N) is 1. The molecule has 21 heavy (non-hydrogen) atoms. The summed E-state index contributed by atoms with van der Waals surface area (Å²) in [5, 5.41) is 3.27. The van der Waals surface area contributed by atoms with Crippen molar-refractivity contribution in [3.63, 3.8) is 0 Å². The van der Waals surface area contributed by atoms with Gasteiger partial charge in [0.1, 0.15) is 5.75 Å². The van der Waals surface area contributed by atoms with E-state index < -0.39 is 0 Å². The van der Waals surface area contributed by atoms with Gasteiger partial charge in [-0.05, 0) is 43.9 Å². The maximum absolute atomic E-state index is 12.2. The molecule has 3 N–H and O–H groups in total. The monoisotopic (exact) mass is 290 g/mol. The number of ether oxygens (including phenoxy) is 1. The van der Waals surface area contributed by atoms with Crippen molar-refractivity contribution in [3.05, 3.63) is 29.8 Å². The summed E-state index contributed by atoms with van der Waals surface area (Å²) >= 11 is 0.